The molecule has 2 heterocycles. The van der Waals surface area contributed by atoms with Crippen molar-refractivity contribution < 1.29 is 4.79 Å². The van der Waals surface area contributed by atoms with Crippen LogP contribution in [-0.4, -0.2) is 35.0 Å². The molecule has 1 saturated carbocycles. The van der Waals surface area contributed by atoms with Crippen LogP contribution in [0.5, 0.6) is 0 Å². The van der Waals surface area contributed by atoms with Gasteiger partial charge in [0.2, 0.25) is 0 Å². The number of nitrogens with zero attached hydrogens (tertiary/aromatic N) is 1. The highest BCUT2D eigenvalue weighted by atomic mass is 35.5. The second-order valence-electron chi connectivity index (χ2n) is 4.78. The van der Waals surface area contributed by atoms with E-state index in [4.69, 9.17) is 11.6 Å². The number of amides is 1. The van der Waals surface area contributed by atoms with Crippen molar-refractivity contribution in [3.8, 4) is 0 Å². The minimum atomic E-state index is 0.197. The second-order valence-corrected chi connectivity index (χ2v) is 7.40. The largest absolute Gasteiger partial charge is 0.334 e. The molecule has 1 fully saturated rings. The predicted molar refractivity (Wildman–Crippen MR) is 79.0 cm³/mol. The van der Waals surface area contributed by atoms with Crippen LogP contribution in [0.2, 0.25) is 0 Å². The zero-order valence-corrected chi connectivity index (χ0v) is 12.5. The predicted octanol–water partition coefficient (Wildman–Crippen LogP) is 3.38. The Bertz CT molecular complexity index is 432. The number of halogens is 1. The van der Waals surface area contributed by atoms with Crippen LogP contribution in [0, 0.1) is 0 Å². The van der Waals surface area contributed by atoms with Crippen molar-refractivity contribution in [2.45, 2.75) is 31.1 Å². The number of thiophene rings is 1. The molecule has 1 aliphatic carbocycles. The monoisotopic (exact) mass is 301 g/mol. The quantitative estimate of drug-likeness (QED) is 0.795. The third-order valence-electron chi connectivity index (χ3n) is 3.41. The van der Waals surface area contributed by atoms with Crippen LogP contribution in [0.1, 0.15) is 33.0 Å². The third-order valence-corrected chi connectivity index (χ3v) is 5.81. The highest BCUT2D eigenvalue weighted by Gasteiger charge is 2.33. The Labute approximate surface area is 121 Å². The van der Waals surface area contributed by atoms with Crippen molar-refractivity contribution in [3.63, 3.8) is 0 Å². The van der Waals surface area contributed by atoms with E-state index >= 15 is 0 Å². The third kappa shape index (κ3) is 2.56. The molecule has 0 radical (unpaired) electrons. The highest BCUT2D eigenvalue weighted by Crippen LogP contribution is 2.34. The lowest BCUT2D eigenvalue weighted by atomic mass is 10.2. The minimum absolute atomic E-state index is 0.197. The van der Waals surface area contributed by atoms with E-state index in [-0.39, 0.29) is 5.91 Å². The molecule has 0 unspecified atom stereocenters. The smallest absolute Gasteiger partial charge is 0.264 e. The van der Waals surface area contributed by atoms with Gasteiger partial charge in [-0.15, -0.1) is 22.9 Å². The van der Waals surface area contributed by atoms with Gasteiger partial charge in [0, 0.05) is 29.1 Å². The number of carbonyl (C=O) groups excluding carboxylic acids is 1. The molecular formula is C13H16ClNOS2. The number of aryl methyl sites for hydroxylation is 1. The summed E-state index contributed by atoms with van der Waals surface area (Å²) in [5.74, 6) is 2.98. The van der Waals surface area contributed by atoms with Crippen LogP contribution in [0.15, 0.2) is 6.07 Å². The molecule has 2 aliphatic rings. The molecule has 0 saturated heterocycles. The molecule has 2 nitrogen and oxygen atoms in total. The normalized spacial score (nSPS) is 18.5. The van der Waals surface area contributed by atoms with E-state index in [0.29, 0.717) is 18.5 Å². The lowest BCUT2D eigenvalue weighted by Crippen LogP contribution is -2.34. The minimum Gasteiger partial charge on any atom is -0.334 e. The summed E-state index contributed by atoms with van der Waals surface area (Å²) in [4.78, 5) is 16.8. The van der Waals surface area contributed by atoms with Crippen molar-refractivity contribution in [1.29, 1.82) is 0 Å². The van der Waals surface area contributed by atoms with Crippen molar-refractivity contribution in [1.82, 2.24) is 4.90 Å². The van der Waals surface area contributed by atoms with Gasteiger partial charge in [0.1, 0.15) is 0 Å². The van der Waals surface area contributed by atoms with E-state index in [2.05, 4.69) is 6.07 Å². The molecule has 98 valence electrons. The van der Waals surface area contributed by atoms with Crippen LogP contribution < -0.4 is 0 Å². The van der Waals surface area contributed by atoms with Gasteiger partial charge in [0.05, 0.1) is 4.88 Å². The average molecular weight is 302 g/mol. The summed E-state index contributed by atoms with van der Waals surface area (Å²) in [5, 5.41) is 0. The number of thioether (sulfide) groups is 1. The molecular weight excluding hydrogens is 286 g/mol. The van der Waals surface area contributed by atoms with Crippen LogP contribution in [0.3, 0.4) is 0 Å². The Kier molecular flexibility index (Phi) is 3.87. The molecule has 18 heavy (non-hydrogen) atoms. The number of rotatable bonds is 4. The summed E-state index contributed by atoms with van der Waals surface area (Å²) < 4.78 is 0. The topological polar surface area (TPSA) is 20.3 Å². The molecule has 0 N–H and O–H groups in total. The van der Waals surface area contributed by atoms with E-state index < -0.39 is 0 Å². The van der Waals surface area contributed by atoms with Gasteiger partial charge in [-0.3, -0.25) is 4.79 Å². The van der Waals surface area contributed by atoms with Crippen molar-refractivity contribution in [2.24, 2.45) is 0 Å². The Hall–Kier alpha value is -0.190. The number of hydrogen-bond acceptors (Lipinski definition) is 3. The van der Waals surface area contributed by atoms with Crippen LogP contribution in [-0.2, 0) is 12.2 Å². The van der Waals surface area contributed by atoms with Crippen LogP contribution >= 0.6 is 34.7 Å². The first kappa shape index (κ1) is 12.8. The molecule has 1 aromatic heterocycles. The Morgan fingerprint density at radius 2 is 2.33 bits per heavy atom. The maximum Gasteiger partial charge on any atom is 0.264 e. The molecule has 1 aromatic rings. The van der Waals surface area contributed by atoms with Gasteiger partial charge >= 0.3 is 0 Å². The first-order valence-corrected chi connectivity index (χ1v) is 8.86. The van der Waals surface area contributed by atoms with Crippen LogP contribution in [0.25, 0.3) is 0 Å². The van der Waals surface area contributed by atoms with Crippen LogP contribution in [0.4, 0.5) is 0 Å². The zero-order valence-electron chi connectivity index (χ0n) is 10.2. The number of hydrogen-bond donors (Lipinski definition) is 0. The summed E-state index contributed by atoms with van der Waals surface area (Å²) in [6, 6.07) is 2.56. The van der Waals surface area contributed by atoms with E-state index in [0.717, 1.165) is 29.9 Å². The van der Waals surface area contributed by atoms with Gasteiger partial charge in [-0.05, 0) is 36.6 Å². The molecule has 5 heteroatoms. The molecule has 1 amide bonds. The molecule has 0 spiro atoms. The number of alkyl halides is 1. The van der Waals surface area contributed by atoms with Crippen molar-refractivity contribution in [3.05, 3.63) is 21.4 Å². The molecule has 0 aromatic carbocycles. The summed E-state index contributed by atoms with van der Waals surface area (Å²) in [7, 11) is 0. The number of fused-ring (bicyclic) bond motifs is 1. The SMILES string of the molecule is O=C(c1cc2c(s1)CCSC2)N(CCCl)C1CC1. The number of carbonyl (C=O) groups is 1. The molecule has 3 rings (SSSR count). The molecule has 1 aliphatic heterocycles. The Balaban J connectivity index is 1.80. The Morgan fingerprint density at radius 3 is 3.00 bits per heavy atom. The standard InChI is InChI=1S/C13H16ClNOS2/c14-4-5-15(10-1-2-10)13(16)12-7-9-8-17-6-3-11(9)18-12/h7,10H,1-6,8H2. The summed E-state index contributed by atoms with van der Waals surface area (Å²) in [6.45, 7) is 0.683. The first-order chi connectivity index (χ1) is 8.79. The lowest BCUT2D eigenvalue weighted by Gasteiger charge is -2.20. The van der Waals surface area contributed by atoms with Gasteiger partial charge in [-0.2, -0.15) is 11.8 Å². The van der Waals surface area contributed by atoms with E-state index in [1.807, 2.05) is 16.7 Å². The van der Waals surface area contributed by atoms with E-state index in [1.165, 1.54) is 16.2 Å². The van der Waals surface area contributed by atoms with E-state index in [1.54, 1.807) is 11.3 Å². The lowest BCUT2D eigenvalue weighted by molar-refractivity contribution is 0.0758. The molecule has 0 bridgehead atoms. The Morgan fingerprint density at radius 1 is 1.50 bits per heavy atom. The zero-order chi connectivity index (χ0) is 12.5. The fourth-order valence-corrected chi connectivity index (χ4v) is 4.83. The van der Waals surface area contributed by atoms with Gasteiger partial charge < -0.3 is 4.90 Å². The second kappa shape index (κ2) is 5.43. The summed E-state index contributed by atoms with van der Waals surface area (Å²) in [6.07, 6.45) is 3.41. The first-order valence-electron chi connectivity index (χ1n) is 6.36. The fraction of sp³-hybridized carbons (Fsp3) is 0.615. The van der Waals surface area contributed by atoms with Gasteiger partial charge in [-0.1, -0.05) is 0 Å². The molecule has 0 atom stereocenters. The maximum atomic E-state index is 12.5. The van der Waals surface area contributed by atoms with Gasteiger partial charge in [0.15, 0.2) is 0 Å². The van der Waals surface area contributed by atoms with E-state index in [9.17, 15) is 4.79 Å². The fourth-order valence-electron chi connectivity index (χ4n) is 2.32. The van der Waals surface area contributed by atoms with Gasteiger partial charge in [0.25, 0.3) is 5.91 Å². The van der Waals surface area contributed by atoms with Crippen molar-refractivity contribution in [2.75, 3.05) is 18.2 Å². The summed E-state index contributed by atoms with van der Waals surface area (Å²) >= 11 is 9.46. The van der Waals surface area contributed by atoms with Crippen molar-refractivity contribution >= 4 is 40.6 Å². The average Bonchev–Trinajstić information content (AvgIpc) is 3.13. The summed E-state index contributed by atoms with van der Waals surface area (Å²) in [5.41, 5.74) is 1.38. The highest BCUT2D eigenvalue weighted by molar-refractivity contribution is 7.98. The maximum absolute atomic E-state index is 12.5. The van der Waals surface area contributed by atoms with Gasteiger partial charge in [-0.25, -0.2) is 0 Å².